The van der Waals surface area contributed by atoms with Gasteiger partial charge in [0.2, 0.25) is 0 Å². The number of hydrogen-bond acceptors (Lipinski definition) is 4. The quantitative estimate of drug-likeness (QED) is 0.708. The van der Waals surface area contributed by atoms with Crippen LogP contribution in [0.15, 0.2) is 12.1 Å². The molecule has 0 aromatic carbocycles. The number of hydrogen-bond donors (Lipinski definition) is 3. The third kappa shape index (κ3) is 1.73. The van der Waals surface area contributed by atoms with E-state index in [4.69, 9.17) is 5.73 Å². The minimum atomic E-state index is -0.240. The summed E-state index contributed by atoms with van der Waals surface area (Å²) in [6.07, 6.45) is 0.512. The number of anilines is 2. The topological polar surface area (TPSA) is 71.2 Å². The van der Waals surface area contributed by atoms with Crippen LogP contribution < -0.4 is 11.1 Å². The first-order valence-corrected chi connectivity index (χ1v) is 5.59. The second-order valence-corrected chi connectivity index (χ2v) is 5.16. The van der Waals surface area contributed by atoms with Crippen LogP contribution in [-0.2, 0) is 0 Å². The molecule has 2 rings (SSSR count). The molecule has 88 valence electrons. The lowest BCUT2D eigenvalue weighted by Gasteiger charge is -2.49. The van der Waals surface area contributed by atoms with Crippen LogP contribution in [0.4, 0.5) is 11.5 Å². The molecule has 0 aliphatic heterocycles. The number of aliphatic hydroxyl groups is 1. The van der Waals surface area contributed by atoms with Crippen LogP contribution >= 0.6 is 0 Å². The average Bonchev–Trinajstić information content (AvgIpc) is 2.23. The van der Waals surface area contributed by atoms with Gasteiger partial charge in [0.05, 0.1) is 11.8 Å². The van der Waals surface area contributed by atoms with E-state index in [1.807, 2.05) is 32.9 Å². The molecule has 1 aromatic rings. The van der Waals surface area contributed by atoms with Gasteiger partial charge in [-0.25, -0.2) is 4.98 Å². The molecule has 0 saturated heterocycles. The molecule has 4 N–H and O–H groups in total. The number of rotatable bonds is 2. The summed E-state index contributed by atoms with van der Waals surface area (Å²) in [5.41, 5.74) is 7.33. The normalized spacial score (nSPS) is 27.2. The predicted octanol–water partition coefficient (Wildman–Crippen LogP) is 1.54. The molecule has 1 heterocycles. The predicted molar refractivity (Wildman–Crippen MR) is 65.2 cm³/mol. The van der Waals surface area contributed by atoms with Crippen LogP contribution in [0.25, 0.3) is 0 Å². The maximum absolute atomic E-state index is 9.66. The molecule has 16 heavy (non-hydrogen) atoms. The van der Waals surface area contributed by atoms with Gasteiger partial charge in [-0.1, -0.05) is 13.8 Å². The molecular weight excluding hydrogens is 202 g/mol. The molecular formula is C12H19N3O. The first-order valence-electron chi connectivity index (χ1n) is 5.59. The number of nitrogens with one attached hydrogen (secondary N) is 1. The fourth-order valence-corrected chi connectivity index (χ4v) is 2.00. The smallest absolute Gasteiger partial charge is 0.149 e. The zero-order chi connectivity index (χ0) is 11.9. The van der Waals surface area contributed by atoms with Gasteiger partial charge >= 0.3 is 0 Å². The monoisotopic (exact) mass is 221 g/mol. The number of nitrogens with two attached hydrogens (primary N) is 1. The molecule has 0 radical (unpaired) electrons. The highest BCUT2D eigenvalue weighted by Gasteiger charge is 2.47. The number of pyridine rings is 1. The van der Waals surface area contributed by atoms with Gasteiger partial charge in [-0.15, -0.1) is 0 Å². The van der Waals surface area contributed by atoms with Gasteiger partial charge in [0.15, 0.2) is 0 Å². The Morgan fingerprint density at radius 1 is 1.50 bits per heavy atom. The molecule has 1 aromatic heterocycles. The summed E-state index contributed by atoms with van der Waals surface area (Å²) >= 11 is 0. The molecule has 0 amide bonds. The molecule has 2 unspecified atom stereocenters. The second-order valence-electron chi connectivity index (χ2n) is 5.16. The Labute approximate surface area is 95.9 Å². The van der Waals surface area contributed by atoms with Gasteiger partial charge in [-0.2, -0.15) is 0 Å². The van der Waals surface area contributed by atoms with Gasteiger partial charge < -0.3 is 16.2 Å². The highest BCUT2D eigenvalue weighted by molar-refractivity contribution is 5.62. The first-order chi connectivity index (χ1) is 7.41. The van der Waals surface area contributed by atoms with Crippen molar-refractivity contribution >= 4 is 11.5 Å². The van der Waals surface area contributed by atoms with Gasteiger partial charge in [-0.05, 0) is 25.5 Å². The molecule has 0 spiro atoms. The Morgan fingerprint density at radius 2 is 2.19 bits per heavy atom. The average molecular weight is 221 g/mol. The van der Waals surface area contributed by atoms with Crippen LogP contribution in [0, 0.1) is 12.3 Å². The molecule has 1 aliphatic rings. The summed E-state index contributed by atoms with van der Waals surface area (Å²) in [4.78, 5) is 4.37. The Hall–Kier alpha value is -1.29. The van der Waals surface area contributed by atoms with E-state index in [0.29, 0.717) is 5.69 Å². The van der Waals surface area contributed by atoms with E-state index in [-0.39, 0.29) is 17.6 Å². The SMILES string of the molecule is Cc1ccc(N)c(NC2CC(O)C2(C)C)n1. The van der Waals surface area contributed by atoms with E-state index in [1.165, 1.54) is 0 Å². The fraction of sp³-hybridized carbons (Fsp3) is 0.583. The van der Waals surface area contributed by atoms with Gasteiger partial charge in [0, 0.05) is 17.2 Å². The number of nitrogen functional groups attached to an aromatic ring is 1. The van der Waals surface area contributed by atoms with E-state index < -0.39 is 0 Å². The minimum Gasteiger partial charge on any atom is -0.396 e. The molecule has 4 heteroatoms. The summed E-state index contributed by atoms with van der Waals surface area (Å²) in [5, 5.41) is 13.0. The zero-order valence-corrected chi connectivity index (χ0v) is 9.99. The third-order valence-corrected chi connectivity index (χ3v) is 3.59. The molecule has 1 saturated carbocycles. The minimum absolute atomic E-state index is 0.113. The highest BCUT2D eigenvalue weighted by Crippen LogP contribution is 2.42. The van der Waals surface area contributed by atoms with Crippen molar-refractivity contribution in [3.8, 4) is 0 Å². The standard InChI is InChI=1S/C12H19N3O/c1-7-4-5-8(13)11(14-7)15-9-6-10(16)12(9,2)3/h4-5,9-10,16H,6,13H2,1-3H3,(H,14,15). The van der Waals surface area contributed by atoms with E-state index in [9.17, 15) is 5.11 Å². The summed E-state index contributed by atoms with van der Waals surface area (Å²) in [6.45, 7) is 6.03. The Morgan fingerprint density at radius 3 is 2.75 bits per heavy atom. The summed E-state index contributed by atoms with van der Waals surface area (Å²) in [7, 11) is 0. The van der Waals surface area contributed by atoms with Crippen LogP contribution in [0.2, 0.25) is 0 Å². The van der Waals surface area contributed by atoms with E-state index in [1.54, 1.807) is 0 Å². The summed E-state index contributed by atoms with van der Waals surface area (Å²) < 4.78 is 0. The first kappa shape index (κ1) is 11.2. The number of aliphatic hydroxyl groups excluding tert-OH is 1. The number of aryl methyl sites for hydroxylation is 1. The van der Waals surface area contributed by atoms with Gasteiger partial charge in [0.1, 0.15) is 5.82 Å². The Bertz CT molecular complexity index is 403. The van der Waals surface area contributed by atoms with E-state index in [2.05, 4.69) is 10.3 Å². The molecule has 0 bridgehead atoms. The van der Waals surface area contributed by atoms with Crippen molar-refractivity contribution in [3.05, 3.63) is 17.8 Å². The lowest BCUT2D eigenvalue weighted by atomic mass is 9.64. The van der Waals surface area contributed by atoms with E-state index in [0.717, 1.165) is 17.9 Å². The zero-order valence-electron chi connectivity index (χ0n) is 9.99. The van der Waals surface area contributed by atoms with Crippen molar-refractivity contribution in [2.24, 2.45) is 5.41 Å². The van der Waals surface area contributed by atoms with Gasteiger partial charge in [-0.3, -0.25) is 0 Å². The molecule has 1 aliphatic carbocycles. The lowest BCUT2D eigenvalue weighted by Crippen LogP contribution is -2.57. The Balaban J connectivity index is 2.13. The van der Waals surface area contributed by atoms with Crippen LogP contribution in [0.3, 0.4) is 0 Å². The molecule has 2 atom stereocenters. The fourth-order valence-electron chi connectivity index (χ4n) is 2.00. The highest BCUT2D eigenvalue weighted by atomic mass is 16.3. The van der Waals surface area contributed by atoms with Crippen LogP contribution in [-0.4, -0.2) is 22.2 Å². The van der Waals surface area contributed by atoms with Crippen molar-refractivity contribution < 1.29 is 5.11 Å². The number of aromatic nitrogens is 1. The maximum Gasteiger partial charge on any atom is 0.149 e. The maximum atomic E-state index is 9.66. The van der Waals surface area contributed by atoms with Crippen molar-refractivity contribution in [2.75, 3.05) is 11.1 Å². The van der Waals surface area contributed by atoms with Crippen molar-refractivity contribution in [1.82, 2.24) is 4.98 Å². The van der Waals surface area contributed by atoms with Crippen LogP contribution in [0.1, 0.15) is 26.0 Å². The van der Waals surface area contributed by atoms with Crippen molar-refractivity contribution in [1.29, 1.82) is 0 Å². The molecule has 1 fully saturated rings. The second kappa shape index (κ2) is 3.63. The number of nitrogens with zero attached hydrogens (tertiary/aromatic N) is 1. The summed E-state index contributed by atoms with van der Waals surface area (Å²) in [5.74, 6) is 0.727. The van der Waals surface area contributed by atoms with Crippen LogP contribution in [0.5, 0.6) is 0 Å². The van der Waals surface area contributed by atoms with Gasteiger partial charge in [0.25, 0.3) is 0 Å². The van der Waals surface area contributed by atoms with E-state index >= 15 is 0 Å². The Kier molecular flexibility index (Phi) is 2.54. The largest absolute Gasteiger partial charge is 0.396 e. The van der Waals surface area contributed by atoms with Crippen molar-refractivity contribution in [3.63, 3.8) is 0 Å². The molecule has 4 nitrogen and oxygen atoms in total. The van der Waals surface area contributed by atoms with Crippen molar-refractivity contribution in [2.45, 2.75) is 39.3 Å². The third-order valence-electron chi connectivity index (χ3n) is 3.59. The lowest BCUT2D eigenvalue weighted by molar-refractivity contribution is -0.0511. The summed E-state index contributed by atoms with van der Waals surface area (Å²) in [6, 6.07) is 3.98.